The lowest BCUT2D eigenvalue weighted by Gasteiger charge is -2.59. The minimum Gasteiger partial charge on any atom is -0.411 e. The molecule has 0 unspecified atom stereocenters. The van der Waals surface area contributed by atoms with Crippen LogP contribution in [0.3, 0.4) is 0 Å². The summed E-state index contributed by atoms with van der Waals surface area (Å²) in [6, 6.07) is 0. The molecule has 0 aromatic heterocycles. The van der Waals surface area contributed by atoms with Gasteiger partial charge in [-0.25, -0.2) is 0 Å². The highest BCUT2D eigenvalue weighted by atomic mass is 16.5. The first-order valence-corrected chi connectivity index (χ1v) is 11.4. The van der Waals surface area contributed by atoms with Gasteiger partial charge in [0.1, 0.15) is 0 Å². The Kier molecular flexibility index (Phi) is 4.22. The second kappa shape index (κ2) is 6.19. The maximum absolute atomic E-state index is 10.6. The topological polar surface area (TPSA) is 62.1 Å². The normalized spacial score (nSPS) is 54.0. The molecule has 1 heterocycles. The Bertz CT molecular complexity index is 613. The zero-order valence-corrected chi connectivity index (χ0v) is 17.1. The number of hydrogen-bond acceptors (Lipinski definition) is 4. The summed E-state index contributed by atoms with van der Waals surface area (Å²) in [6.07, 6.45) is 13.1. The van der Waals surface area contributed by atoms with Gasteiger partial charge in [-0.1, -0.05) is 6.92 Å². The van der Waals surface area contributed by atoms with Gasteiger partial charge in [0.15, 0.2) is 0 Å². The van der Waals surface area contributed by atoms with E-state index in [1.165, 1.54) is 44.9 Å². The maximum Gasteiger partial charge on any atom is 0.0622 e. The lowest BCUT2D eigenvalue weighted by atomic mass is 9.47. The lowest BCUT2D eigenvalue weighted by Crippen LogP contribution is -2.57. The van der Waals surface area contributed by atoms with Gasteiger partial charge in [0.25, 0.3) is 0 Å². The van der Waals surface area contributed by atoms with Gasteiger partial charge in [0.2, 0.25) is 0 Å². The molecule has 0 bridgehead atoms. The van der Waals surface area contributed by atoms with Gasteiger partial charge in [-0.15, -0.1) is 5.16 Å². The average Bonchev–Trinajstić information content (AvgIpc) is 2.94. The molecule has 4 nitrogen and oxygen atoms in total. The minimum atomic E-state index is -0.421. The Labute approximate surface area is 163 Å². The van der Waals surface area contributed by atoms with Crippen molar-refractivity contribution in [3.8, 4) is 0 Å². The highest BCUT2D eigenvalue weighted by Gasteiger charge is 2.62. The summed E-state index contributed by atoms with van der Waals surface area (Å²) in [7, 11) is 0. The predicted molar refractivity (Wildman–Crippen MR) is 105 cm³/mol. The molecule has 0 aromatic carbocycles. The molecule has 4 aliphatic carbocycles. The smallest absolute Gasteiger partial charge is 0.0622 e. The van der Waals surface area contributed by atoms with Gasteiger partial charge in [0, 0.05) is 0 Å². The van der Waals surface area contributed by atoms with Crippen LogP contribution in [0.5, 0.6) is 0 Å². The summed E-state index contributed by atoms with van der Waals surface area (Å²) in [6.45, 7) is 6.07. The molecule has 0 radical (unpaired) electrons. The summed E-state index contributed by atoms with van der Waals surface area (Å²) in [5.74, 6) is 4.80. The van der Waals surface area contributed by atoms with Crippen molar-refractivity contribution in [1.29, 1.82) is 0 Å². The molecule has 152 valence electrons. The monoisotopic (exact) mass is 375 g/mol. The molecule has 2 N–H and O–H groups in total. The minimum absolute atomic E-state index is 0.0220. The Morgan fingerprint density at radius 1 is 0.926 bits per heavy atom. The number of rotatable bonds is 2. The van der Waals surface area contributed by atoms with Crippen LogP contribution in [0.4, 0.5) is 0 Å². The second-order valence-corrected chi connectivity index (χ2v) is 11.3. The zero-order valence-electron chi connectivity index (χ0n) is 17.1. The van der Waals surface area contributed by atoms with Gasteiger partial charge in [0.05, 0.1) is 30.4 Å². The molecule has 0 spiro atoms. The summed E-state index contributed by atoms with van der Waals surface area (Å²) in [5.41, 5.74) is -0.0686. The fourth-order valence-corrected chi connectivity index (χ4v) is 8.84. The molecule has 4 heteroatoms. The third-order valence-corrected chi connectivity index (χ3v) is 9.99. The molecule has 5 rings (SSSR count). The van der Waals surface area contributed by atoms with E-state index in [-0.39, 0.29) is 5.41 Å². The van der Waals surface area contributed by atoms with Gasteiger partial charge in [-0.3, -0.25) is 0 Å². The van der Waals surface area contributed by atoms with Gasteiger partial charge in [-0.05, 0) is 106 Å². The van der Waals surface area contributed by atoms with Crippen molar-refractivity contribution in [2.24, 2.45) is 51.5 Å². The van der Waals surface area contributed by atoms with E-state index in [0.29, 0.717) is 11.3 Å². The molecule has 1 aliphatic heterocycles. The van der Waals surface area contributed by atoms with E-state index < -0.39 is 5.60 Å². The molecule has 5 fully saturated rings. The highest BCUT2D eigenvalue weighted by molar-refractivity contribution is 5.67. The van der Waals surface area contributed by atoms with E-state index in [1.54, 1.807) is 6.21 Å². The number of nitrogens with zero attached hydrogens (tertiary/aromatic N) is 1. The molecule has 27 heavy (non-hydrogen) atoms. The largest absolute Gasteiger partial charge is 0.411 e. The predicted octanol–water partition coefficient (Wildman–Crippen LogP) is 4.48. The Balaban J connectivity index is 1.38. The van der Waals surface area contributed by atoms with Crippen molar-refractivity contribution >= 4 is 6.21 Å². The van der Waals surface area contributed by atoms with Crippen molar-refractivity contribution in [2.45, 2.75) is 77.2 Å². The van der Waals surface area contributed by atoms with Crippen LogP contribution in [0.25, 0.3) is 0 Å². The third kappa shape index (κ3) is 2.65. The summed E-state index contributed by atoms with van der Waals surface area (Å²) in [4.78, 5) is 0. The van der Waals surface area contributed by atoms with E-state index >= 15 is 0 Å². The van der Waals surface area contributed by atoms with Crippen LogP contribution in [0.15, 0.2) is 5.16 Å². The van der Waals surface area contributed by atoms with Crippen LogP contribution in [-0.4, -0.2) is 35.3 Å². The van der Waals surface area contributed by atoms with Crippen molar-refractivity contribution in [3.63, 3.8) is 0 Å². The number of ether oxygens (including phenoxy) is 1. The average molecular weight is 376 g/mol. The van der Waals surface area contributed by atoms with Gasteiger partial charge in [-0.2, -0.15) is 0 Å². The molecule has 0 amide bonds. The molecule has 5 aliphatic rings. The SMILES string of the molecule is C[C@@]1(O)CC[C@H]2[C@H](CC[C@@H]3[C@@H]2CC[C@]2(C)[C@@H](C4(/C=N/O)COC4)CC[C@@H]32)C1. The first kappa shape index (κ1) is 18.4. The quantitative estimate of drug-likeness (QED) is 0.425. The van der Waals surface area contributed by atoms with Gasteiger partial charge >= 0.3 is 0 Å². The highest BCUT2D eigenvalue weighted by Crippen LogP contribution is 2.67. The van der Waals surface area contributed by atoms with Crippen LogP contribution in [0, 0.1) is 46.3 Å². The fraction of sp³-hybridized carbons (Fsp3) is 0.957. The Morgan fingerprint density at radius 3 is 2.41 bits per heavy atom. The molecule has 0 aromatic rings. The van der Waals surface area contributed by atoms with Crippen molar-refractivity contribution in [1.82, 2.24) is 0 Å². The first-order chi connectivity index (χ1) is 12.9. The summed E-state index contributed by atoms with van der Waals surface area (Å²) >= 11 is 0. The second-order valence-electron chi connectivity index (χ2n) is 11.3. The number of oxime groups is 1. The summed E-state index contributed by atoms with van der Waals surface area (Å²) in [5, 5.41) is 23.3. The lowest BCUT2D eigenvalue weighted by molar-refractivity contribution is -0.148. The Morgan fingerprint density at radius 2 is 1.70 bits per heavy atom. The molecular formula is C23H37NO3. The first-order valence-electron chi connectivity index (χ1n) is 11.4. The number of hydrogen-bond donors (Lipinski definition) is 2. The van der Waals surface area contributed by atoms with E-state index in [4.69, 9.17) is 4.74 Å². The van der Waals surface area contributed by atoms with E-state index in [9.17, 15) is 10.3 Å². The Hall–Kier alpha value is -0.610. The molecule has 4 saturated carbocycles. The van der Waals surface area contributed by atoms with Crippen molar-refractivity contribution < 1.29 is 15.1 Å². The van der Waals surface area contributed by atoms with Crippen LogP contribution < -0.4 is 0 Å². The molecule has 8 atom stereocenters. The van der Waals surface area contributed by atoms with E-state index in [1.807, 2.05) is 0 Å². The standard InChI is InChI=1S/C23H37NO3/c1-21(25)9-7-16-15(11-21)3-4-18-17(16)8-10-22(2)19(18)5-6-20(22)23(12-24-26)13-27-14-23/h12,15-20,25-26H,3-11,13-14H2,1-2H3/b24-12+/t15-,16+,17-,18-,19+,20+,21-,22+/m1/s1. The van der Waals surface area contributed by atoms with Crippen molar-refractivity contribution in [2.75, 3.05) is 13.2 Å². The number of aliphatic hydroxyl groups is 1. The van der Waals surface area contributed by atoms with Crippen LogP contribution in [0.1, 0.15) is 71.6 Å². The van der Waals surface area contributed by atoms with Crippen molar-refractivity contribution in [3.05, 3.63) is 0 Å². The van der Waals surface area contributed by atoms with E-state index in [2.05, 4.69) is 19.0 Å². The number of fused-ring (bicyclic) bond motifs is 5. The van der Waals surface area contributed by atoms with Crippen LogP contribution >= 0.6 is 0 Å². The maximum atomic E-state index is 10.6. The van der Waals surface area contributed by atoms with Gasteiger partial charge < -0.3 is 15.1 Å². The molecular weight excluding hydrogens is 338 g/mol. The van der Waals surface area contributed by atoms with Crippen LogP contribution in [-0.2, 0) is 4.74 Å². The molecule has 1 saturated heterocycles. The fourth-order valence-electron chi connectivity index (χ4n) is 8.84. The zero-order chi connectivity index (χ0) is 18.9. The third-order valence-electron chi connectivity index (χ3n) is 9.99. The van der Waals surface area contributed by atoms with E-state index in [0.717, 1.165) is 55.6 Å². The van der Waals surface area contributed by atoms with Crippen LogP contribution in [0.2, 0.25) is 0 Å². The summed E-state index contributed by atoms with van der Waals surface area (Å²) < 4.78 is 5.60.